The van der Waals surface area contributed by atoms with E-state index in [0.717, 1.165) is 65.4 Å². The van der Waals surface area contributed by atoms with Gasteiger partial charge in [0.05, 0.1) is 16.1 Å². The highest BCUT2D eigenvalue weighted by atomic mass is 32.2. The number of sulfonamides is 1. The first kappa shape index (κ1) is 25.6. The lowest BCUT2D eigenvalue weighted by atomic mass is 9.95. The Morgan fingerprint density at radius 2 is 1.91 bits per heavy atom. The number of piperidine rings is 1. The number of anilines is 1. The molecule has 1 unspecified atom stereocenters. The van der Waals surface area contributed by atoms with E-state index in [1.165, 1.54) is 23.6 Å². The van der Waals surface area contributed by atoms with E-state index < -0.39 is 10.0 Å². The van der Waals surface area contributed by atoms with Crippen molar-refractivity contribution in [3.63, 3.8) is 0 Å². The van der Waals surface area contributed by atoms with Crippen LogP contribution in [0.1, 0.15) is 45.1 Å². The third-order valence-electron chi connectivity index (χ3n) is 7.05. The van der Waals surface area contributed by atoms with Gasteiger partial charge in [-0.2, -0.15) is 4.31 Å². The maximum Gasteiger partial charge on any atom is 0.243 e. The molecule has 1 aromatic heterocycles. The predicted molar refractivity (Wildman–Crippen MR) is 145 cm³/mol. The Kier molecular flexibility index (Phi) is 8.42. The van der Waals surface area contributed by atoms with Gasteiger partial charge in [-0.15, -0.1) is 0 Å². The van der Waals surface area contributed by atoms with Crippen molar-refractivity contribution in [2.75, 3.05) is 38.0 Å². The smallest absolute Gasteiger partial charge is 0.243 e. The van der Waals surface area contributed by atoms with Gasteiger partial charge < -0.3 is 10.6 Å². The summed E-state index contributed by atoms with van der Waals surface area (Å²) in [5.41, 5.74) is 4.59. The summed E-state index contributed by atoms with van der Waals surface area (Å²) >= 11 is 0. The highest BCUT2D eigenvalue weighted by molar-refractivity contribution is 7.89. The Labute approximate surface area is 210 Å². The van der Waals surface area contributed by atoms with Crippen LogP contribution < -0.4 is 10.6 Å². The van der Waals surface area contributed by atoms with E-state index in [-0.39, 0.29) is 0 Å². The first-order valence-electron chi connectivity index (χ1n) is 12.9. The Morgan fingerprint density at radius 3 is 2.66 bits per heavy atom. The van der Waals surface area contributed by atoms with E-state index in [4.69, 9.17) is 4.98 Å². The van der Waals surface area contributed by atoms with Crippen LogP contribution >= 0.6 is 0 Å². The highest BCUT2D eigenvalue weighted by Crippen LogP contribution is 2.32. The fourth-order valence-corrected chi connectivity index (χ4v) is 6.48. The topological polar surface area (TPSA) is 74.3 Å². The molecular weight excluding hydrogens is 456 g/mol. The first-order valence-corrected chi connectivity index (χ1v) is 14.3. The van der Waals surface area contributed by atoms with Crippen LogP contribution in [-0.4, -0.2) is 50.4 Å². The summed E-state index contributed by atoms with van der Waals surface area (Å²) in [6.07, 6.45) is 4.94. The van der Waals surface area contributed by atoms with Gasteiger partial charge in [0.25, 0.3) is 0 Å². The second kappa shape index (κ2) is 11.5. The van der Waals surface area contributed by atoms with Crippen LogP contribution in [-0.2, 0) is 10.0 Å². The van der Waals surface area contributed by atoms with Gasteiger partial charge in [0.15, 0.2) is 0 Å². The van der Waals surface area contributed by atoms with Gasteiger partial charge in [-0.05, 0) is 81.4 Å². The molecule has 0 amide bonds. The molecule has 35 heavy (non-hydrogen) atoms. The van der Waals surface area contributed by atoms with Gasteiger partial charge in [-0.25, -0.2) is 13.4 Å². The number of nitrogens with one attached hydrogen (secondary N) is 2. The minimum absolute atomic E-state index is 0.312. The molecular formula is C28H38N4O2S. The number of aromatic nitrogens is 1. The molecule has 2 N–H and O–H groups in total. The van der Waals surface area contributed by atoms with E-state index >= 15 is 0 Å². The van der Waals surface area contributed by atoms with Crippen molar-refractivity contribution >= 4 is 26.6 Å². The molecule has 2 heterocycles. The molecule has 0 radical (unpaired) electrons. The standard InChI is InChI=1S/C28H38N4O2S/c1-4-32(5-2)35(33,34)23-15-14-21(3)25(18-23)28-19-27(24-12-6-7-13-26(24)31-28)30-17-9-11-22-10-8-16-29-20-22/h6-7,12-15,18-19,22,29H,4-5,8-11,16-17,20H2,1-3H3,(H,30,31). The molecule has 0 bridgehead atoms. The molecule has 6 nitrogen and oxygen atoms in total. The summed E-state index contributed by atoms with van der Waals surface area (Å²) in [5.74, 6) is 0.772. The summed E-state index contributed by atoms with van der Waals surface area (Å²) in [6.45, 7) is 9.81. The van der Waals surface area contributed by atoms with Gasteiger partial charge in [0.1, 0.15) is 0 Å². The molecule has 188 valence electrons. The maximum absolute atomic E-state index is 13.2. The highest BCUT2D eigenvalue weighted by Gasteiger charge is 2.23. The Balaban J connectivity index is 1.63. The number of rotatable bonds is 10. The van der Waals surface area contributed by atoms with Crippen LogP contribution in [0.25, 0.3) is 22.2 Å². The lowest BCUT2D eigenvalue weighted by Gasteiger charge is -2.22. The van der Waals surface area contributed by atoms with Gasteiger partial charge in [-0.3, -0.25) is 0 Å². The number of hydrogen-bond acceptors (Lipinski definition) is 5. The third kappa shape index (κ3) is 5.85. The van der Waals surface area contributed by atoms with Crippen molar-refractivity contribution in [3.05, 3.63) is 54.1 Å². The average Bonchev–Trinajstić information content (AvgIpc) is 2.87. The lowest BCUT2D eigenvalue weighted by Crippen LogP contribution is -2.30. The average molecular weight is 495 g/mol. The molecule has 3 aromatic rings. The summed E-state index contributed by atoms with van der Waals surface area (Å²) in [7, 11) is -3.54. The van der Waals surface area contributed by atoms with Crippen LogP contribution in [0.3, 0.4) is 0 Å². The van der Waals surface area contributed by atoms with Crippen LogP contribution in [0, 0.1) is 12.8 Å². The summed E-state index contributed by atoms with van der Waals surface area (Å²) < 4.78 is 27.8. The minimum atomic E-state index is -3.54. The quantitative estimate of drug-likeness (QED) is 0.368. The monoisotopic (exact) mass is 494 g/mol. The van der Waals surface area contributed by atoms with Gasteiger partial charge >= 0.3 is 0 Å². The zero-order valence-corrected chi connectivity index (χ0v) is 22.0. The molecule has 1 aliphatic rings. The number of aryl methyl sites for hydroxylation is 1. The molecule has 4 rings (SSSR count). The number of benzene rings is 2. The number of fused-ring (bicyclic) bond motifs is 1. The molecule has 1 atom stereocenters. The van der Waals surface area contributed by atoms with E-state index in [1.807, 2.05) is 45.0 Å². The second-order valence-electron chi connectivity index (χ2n) is 9.42. The fourth-order valence-electron chi connectivity index (χ4n) is 4.99. The Hall–Kier alpha value is -2.48. The minimum Gasteiger partial charge on any atom is -0.384 e. The van der Waals surface area contributed by atoms with Crippen molar-refractivity contribution in [3.8, 4) is 11.3 Å². The molecule has 0 aliphatic carbocycles. The van der Waals surface area contributed by atoms with Crippen molar-refractivity contribution < 1.29 is 8.42 Å². The molecule has 0 spiro atoms. The predicted octanol–water partition coefficient (Wildman–Crippen LogP) is 5.43. The first-order chi connectivity index (χ1) is 16.9. The van der Waals surface area contributed by atoms with Crippen LogP contribution in [0.5, 0.6) is 0 Å². The van der Waals surface area contributed by atoms with E-state index in [0.29, 0.717) is 18.0 Å². The largest absolute Gasteiger partial charge is 0.384 e. The molecule has 2 aromatic carbocycles. The summed E-state index contributed by atoms with van der Waals surface area (Å²) in [5, 5.41) is 8.24. The number of para-hydroxylation sites is 1. The van der Waals surface area contributed by atoms with Crippen molar-refractivity contribution in [1.29, 1.82) is 0 Å². The van der Waals surface area contributed by atoms with Crippen molar-refractivity contribution in [1.82, 2.24) is 14.6 Å². The number of hydrogen-bond donors (Lipinski definition) is 2. The molecule has 1 aliphatic heterocycles. The van der Waals surface area contributed by atoms with Gasteiger partial charge in [0, 0.05) is 36.3 Å². The molecule has 7 heteroatoms. The van der Waals surface area contributed by atoms with Crippen LogP contribution in [0.15, 0.2) is 53.4 Å². The second-order valence-corrected chi connectivity index (χ2v) is 11.4. The van der Waals surface area contributed by atoms with Crippen LogP contribution in [0.2, 0.25) is 0 Å². The summed E-state index contributed by atoms with van der Waals surface area (Å²) in [6, 6.07) is 15.6. The van der Waals surface area contributed by atoms with E-state index in [9.17, 15) is 8.42 Å². The van der Waals surface area contributed by atoms with Crippen molar-refractivity contribution in [2.45, 2.75) is 51.3 Å². The Bertz CT molecular complexity index is 1250. The van der Waals surface area contributed by atoms with Gasteiger partial charge in [-0.1, -0.05) is 38.1 Å². The summed E-state index contributed by atoms with van der Waals surface area (Å²) in [4.78, 5) is 5.23. The molecule has 1 fully saturated rings. The normalized spacial score (nSPS) is 16.6. The number of nitrogens with zero attached hydrogens (tertiary/aromatic N) is 2. The fraction of sp³-hybridized carbons (Fsp3) is 0.464. The third-order valence-corrected chi connectivity index (χ3v) is 9.09. The van der Waals surface area contributed by atoms with E-state index in [2.05, 4.69) is 22.8 Å². The van der Waals surface area contributed by atoms with Crippen molar-refractivity contribution in [2.24, 2.45) is 5.92 Å². The Morgan fingerprint density at radius 1 is 1.11 bits per heavy atom. The van der Waals surface area contributed by atoms with E-state index in [1.54, 1.807) is 12.1 Å². The van der Waals surface area contributed by atoms with Crippen LogP contribution in [0.4, 0.5) is 5.69 Å². The number of pyridine rings is 1. The van der Waals surface area contributed by atoms with Gasteiger partial charge in [0.2, 0.25) is 10.0 Å². The zero-order chi connectivity index (χ0) is 24.8. The SMILES string of the molecule is CCN(CC)S(=O)(=O)c1ccc(C)c(-c2cc(NCCCC3CCCNC3)c3ccccc3n2)c1. The molecule has 0 saturated carbocycles. The molecule has 1 saturated heterocycles. The zero-order valence-electron chi connectivity index (χ0n) is 21.2. The lowest BCUT2D eigenvalue weighted by molar-refractivity contribution is 0.353. The maximum atomic E-state index is 13.2.